The van der Waals surface area contributed by atoms with Crippen molar-refractivity contribution >= 4 is 57.6 Å². The van der Waals surface area contributed by atoms with Gasteiger partial charge in [-0.3, -0.25) is 9.79 Å². The third-order valence-corrected chi connectivity index (χ3v) is 4.27. The van der Waals surface area contributed by atoms with Gasteiger partial charge in [0.25, 0.3) is 0 Å². The number of carbonyl (C=O) groups excluding carboxylic acids is 1. The van der Waals surface area contributed by atoms with Crippen LogP contribution in [0.15, 0.2) is 39.9 Å². The number of nitrogens with zero attached hydrogens (tertiary/aromatic N) is 4. The van der Waals surface area contributed by atoms with Crippen molar-refractivity contribution in [3.63, 3.8) is 0 Å². The topological polar surface area (TPSA) is 74.5 Å². The number of aryl methyl sites for hydroxylation is 2. The van der Waals surface area contributed by atoms with Crippen molar-refractivity contribution in [2.45, 2.75) is 19.9 Å². The fourth-order valence-corrected chi connectivity index (χ4v) is 3.10. The molecule has 0 aliphatic rings. The van der Waals surface area contributed by atoms with E-state index < -0.39 is 0 Å². The maximum atomic E-state index is 12.0. The summed E-state index contributed by atoms with van der Waals surface area (Å²) in [6.45, 7) is 3.09. The van der Waals surface area contributed by atoms with Gasteiger partial charge in [-0.05, 0) is 41.1 Å². The number of amides is 1. The molecule has 1 amide bonds. The van der Waals surface area contributed by atoms with Gasteiger partial charge in [0, 0.05) is 56.2 Å². The van der Waals surface area contributed by atoms with Crippen molar-refractivity contribution in [3.8, 4) is 0 Å². The predicted octanol–water partition coefficient (Wildman–Crippen LogP) is 3.15. The highest BCUT2D eigenvalue weighted by Crippen LogP contribution is 2.14. The summed E-state index contributed by atoms with van der Waals surface area (Å²) in [5.74, 6) is 1.23. The fraction of sp³-hybridized carbons (Fsp3) is 0.389. The summed E-state index contributed by atoms with van der Waals surface area (Å²) < 4.78 is 3.11. The first-order valence-electron chi connectivity index (χ1n) is 8.35. The monoisotopic (exact) mass is 548 g/mol. The van der Waals surface area contributed by atoms with Gasteiger partial charge in [0.1, 0.15) is 5.82 Å². The van der Waals surface area contributed by atoms with Gasteiger partial charge in [-0.15, -0.1) is 24.0 Å². The molecule has 7 nitrogen and oxygen atoms in total. The molecule has 0 fully saturated rings. The molecule has 2 heterocycles. The Kier molecular flexibility index (Phi) is 9.78. The molecule has 2 aromatic rings. The number of aromatic nitrogens is 2. The lowest BCUT2D eigenvalue weighted by atomic mass is 10.3. The van der Waals surface area contributed by atoms with Crippen molar-refractivity contribution in [2.24, 2.45) is 12.0 Å². The molecule has 0 aliphatic heterocycles. The maximum Gasteiger partial charge on any atom is 0.227 e. The highest BCUT2D eigenvalue weighted by atomic mass is 127. The Morgan fingerprint density at radius 2 is 2.15 bits per heavy atom. The summed E-state index contributed by atoms with van der Waals surface area (Å²) in [4.78, 5) is 22.6. The largest absolute Gasteiger partial charge is 0.356 e. The van der Waals surface area contributed by atoms with E-state index in [0.29, 0.717) is 25.3 Å². The van der Waals surface area contributed by atoms with Crippen molar-refractivity contribution < 1.29 is 4.79 Å². The lowest BCUT2D eigenvalue weighted by Crippen LogP contribution is -2.40. The number of rotatable bonds is 6. The highest BCUT2D eigenvalue weighted by Gasteiger charge is 2.10. The second-order valence-electron chi connectivity index (χ2n) is 6.05. The molecular formula is C18H26BrIN6O. The fourth-order valence-electron chi connectivity index (χ4n) is 2.53. The smallest absolute Gasteiger partial charge is 0.227 e. The van der Waals surface area contributed by atoms with Crippen molar-refractivity contribution in [1.82, 2.24) is 19.8 Å². The first-order valence-corrected chi connectivity index (χ1v) is 9.14. The molecule has 27 heavy (non-hydrogen) atoms. The lowest BCUT2D eigenvalue weighted by Gasteiger charge is -2.22. The number of carbonyl (C=O) groups is 1. The number of halogens is 2. The molecule has 0 saturated heterocycles. The maximum absolute atomic E-state index is 12.0. The lowest BCUT2D eigenvalue weighted by molar-refractivity contribution is -0.116. The molecule has 148 valence electrons. The van der Waals surface area contributed by atoms with Crippen LogP contribution in [0.2, 0.25) is 0 Å². The van der Waals surface area contributed by atoms with Gasteiger partial charge in [0.15, 0.2) is 5.96 Å². The summed E-state index contributed by atoms with van der Waals surface area (Å²) in [5, 5.41) is 6.02. The third-order valence-electron chi connectivity index (χ3n) is 3.84. The average molecular weight is 549 g/mol. The molecule has 0 radical (unpaired) electrons. The summed E-state index contributed by atoms with van der Waals surface area (Å²) in [6.07, 6.45) is 2.35. The van der Waals surface area contributed by atoms with Crippen LogP contribution in [0.5, 0.6) is 0 Å². The summed E-state index contributed by atoms with van der Waals surface area (Å²) >= 11 is 3.48. The number of hydrogen-bond acceptors (Lipinski definition) is 3. The SMILES string of the molecule is CN=C(NCCC(=O)Nc1cccc(C)n1)N(C)Cc1cc(Br)cn1C.I. The van der Waals surface area contributed by atoms with Crippen LogP contribution in [0.1, 0.15) is 17.8 Å². The zero-order chi connectivity index (χ0) is 19.1. The Labute approximate surface area is 185 Å². The van der Waals surface area contributed by atoms with Crippen LogP contribution in [-0.2, 0) is 18.4 Å². The molecule has 0 aliphatic carbocycles. The Morgan fingerprint density at radius 3 is 2.74 bits per heavy atom. The van der Waals surface area contributed by atoms with Crippen LogP contribution >= 0.6 is 39.9 Å². The Bertz CT molecular complexity index is 792. The Hall–Kier alpha value is -1.62. The molecule has 0 saturated carbocycles. The van der Waals surface area contributed by atoms with E-state index in [1.165, 1.54) is 0 Å². The summed E-state index contributed by atoms with van der Waals surface area (Å²) in [6, 6.07) is 7.62. The minimum atomic E-state index is -0.0833. The molecule has 0 atom stereocenters. The minimum absolute atomic E-state index is 0. The van der Waals surface area contributed by atoms with Gasteiger partial charge in [-0.25, -0.2) is 4.98 Å². The molecule has 2 rings (SSSR count). The second kappa shape index (κ2) is 11.3. The highest BCUT2D eigenvalue weighted by molar-refractivity contribution is 14.0. The van der Waals surface area contributed by atoms with E-state index in [1.54, 1.807) is 13.1 Å². The molecule has 9 heteroatoms. The van der Waals surface area contributed by atoms with E-state index in [4.69, 9.17) is 0 Å². The Morgan fingerprint density at radius 1 is 1.41 bits per heavy atom. The van der Waals surface area contributed by atoms with E-state index in [-0.39, 0.29) is 29.9 Å². The zero-order valence-corrected chi connectivity index (χ0v) is 19.9. The molecule has 0 bridgehead atoms. The van der Waals surface area contributed by atoms with Crippen molar-refractivity contribution in [2.75, 3.05) is 26.0 Å². The number of aliphatic imine (C=N–C) groups is 1. The van der Waals surface area contributed by atoms with Gasteiger partial charge in [-0.1, -0.05) is 6.07 Å². The average Bonchev–Trinajstić information content (AvgIpc) is 2.88. The van der Waals surface area contributed by atoms with Gasteiger partial charge in [0.05, 0.1) is 6.54 Å². The quantitative estimate of drug-likeness (QED) is 0.330. The zero-order valence-electron chi connectivity index (χ0n) is 16.0. The standard InChI is InChI=1S/C18H25BrN6O.HI/c1-13-6-5-7-16(22-13)23-17(26)8-9-21-18(20-2)25(4)12-15-10-14(19)11-24(15)3;/h5-7,10-11H,8-9,12H2,1-4H3,(H,20,21)(H,22,23,26);1H. The number of guanidine groups is 1. The van der Waals surface area contributed by atoms with Crippen LogP contribution in [0, 0.1) is 6.92 Å². The number of hydrogen-bond donors (Lipinski definition) is 2. The van der Waals surface area contributed by atoms with Crippen LogP contribution in [0.3, 0.4) is 0 Å². The van der Waals surface area contributed by atoms with Crippen molar-refractivity contribution in [3.05, 3.63) is 46.3 Å². The summed E-state index contributed by atoms with van der Waals surface area (Å²) in [5.41, 5.74) is 2.03. The van der Waals surface area contributed by atoms with E-state index in [9.17, 15) is 4.79 Å². The predicted molar refractivity (Wildman–Crippen MR) is 124 cm³/mol. The molecule has 2 aromatic heterocycles. The van der Waals surface area contributed by atoms with E-state index in [1.807, 2.05) is 44.2 Å². The van der Waals surface area contributed by atoms with Gasteiger partial charge >= 0.3 is 0 Å². The Balaban J connectivity index is 0.00000364. The minimum Gasteiger partial charge on any atom is -0.356 e. The van der Waals surface area contributed by atoms with E-state index in [2.05, 4.69) is 47.2 Å². The molecule has 0 aromatic carbocycles. The van der Waals surface area contributed by atoms with Crippen LogP contribution in [0.25, 0.3) is 0 Å². The van der Waals surface area contributed by atoms with E-state index >= 15 is 0 Å². The molecule has 0 unspecified atom stereocenters. The molecule has 0 spiro atoms. The molecular weight excluding hydrogens is 523 g/mol. The first-order chi connectivity index (χ1) is 12.4. The first kappa shape index (κ1) is 23.4. The van der Waals surface area contributed by atoms with Crippen molar-refractivity contribution in [1.29, 1.82) is 0 Å². The van der Waals surface area contributed by atoms with Crippen LogP contribution < -0.4 is 10.6 Å². The second-order valence-corrected chi connectivity index (χ2v) is 6.97. The van der Waals surface area contributed by atoms with Gasteiger partial charge in [-0.2, -0.15) is 0 Å². The third kappa shape index (κ3) is 7.49. The van der Waals surface area contributed by atoms with Gasteiger partial charge in [0.2, 0.25) is 5.91 Å². The van der Waals surface area contributed by atoms with E-state index in [0.717, 1.165) is 21.8 Å². The van der Waals surface area contributed by atoms with Crippen LogP contribution in [0.4, 0.5) is 5.82 Å². The van der Waals surface area contributed by atoms with Crippen LogP contribution in [-0.4, -0.2) is 47.0 Å². The number of anilines is 1. The number of nitrogens with one attached hydrogen (secondary N) is 2. The number of pyridine rings is 1. The molecule has 2 N–H and O–H groups in total. The summed E-state index contributed by atoms with van der Waals surface area (Å²) in [7, 11) is 5.71. The normalized spacial score (nSPS) is 10.9. The van der Waals surface area contributed by atoms with Gasteiger partial charge < -0.3 is 20.1 Å².